The third-order valence-corrected chi connectivity index (χ3v) is 5.11. The summed E-state index contributed by atoms with van der Waals surface area (Å²) in [6.45, 7) is 6.00. The van der Waals surface area contributed by atoms with Gasteiger partial charge in [-0.25, -0.2) is 9.37 Å². The second-order valence-corrected chi connectivity index (χ2v) is 7.27. The van der Waals surface area contributed by atoms with E-state index in [2.05, 4.69) is 11.6 Å². The summed E-state index contributed by atoms with van der Waals surface area (Å²) in [4.78, 5) is 4.45. The minimum absolute atomic E-state index is 0.253. The van der Waals surface area contributed by atoms with Crippen molar-refractivity contribution in [2.24, 2.45) is 0 Å². The van der Waals surface area contributed by atoms with Crippen molar-refractivity contribution in [1.29, 1.82) is 5.26 Å². The van der Waals surface area contributed by atoms with Gasteiger partial charge >= 0.3 is 0 Å². The van der Waals surface area contributed by atoms with Crippen LogP contribution in [0.5, 0.6) is 0 Å². The third kappa shape index (κ3) is 4.92. The average molecular weight is 427 g/mol. The number of rotatable bonds is 9. The summed E-state index contributed by atoms with van der Waals surface area (Å²) >= 11 is 0. The second-order valence-electron chi connectivity index (χ2n) is 7.27. The van der Waals surface area contributed by atoms with Crippen molar-refractivity contribution in [3.05, 3.63) is 108 Å². The van der Waals surface area contributed by atoms with E-state index in [1.54, 1.807) is 12.4 Å². The first kappa shape index (κ1) is 21.4. The van der Waals surface area contributed by atoms with Gasteiger partial charge in [0.05, 0.1) is 48.8 Å². The van der Waals surface area contributed by atoms with Gasteiger partial charge in [-0.2, -0.15) is 5.26 Å². The van der Waals surface area contributed by atoms with E-state index in [1.807, 2.05) is 59.2 Å². The summed E-state index contributed by atoms with van der Waals surface area (Å²) in [5, 5.41) is 9.31. The summed E-state index contributed by atoms with van der Waals surface area (Å²) in [6.07, 6.45) is 1.72. The number of ether oxygens (including phenoxy) is 2. The highest BCUT2D eigenvalue weighted by Crippen LogP contribution is 2.27. The smallest absolute Gasteiger partial charge is 0.124 e. The first-order valence-electron chi connectivity index (χ1n) is 10.2. The number of fused-ring (bicyclic) bond motifs is 1. The standard InChI is InChI=1S/C26H22FN3O2/c1-19(24-9-8-23(27)13-22(24)15-28)21-7-10-26-25(14-21)29-17-30(26)18-32-12-11-31-16-20-5-3-2-4-6-20/h2-10,13-14,17H,1,11-12,16,18H2. The molecule has 1 aromatic heterocycles. The molecule has 0 N–H and O–H groups in total. The fourth-order valence-corrected chi connectivity index (χ4v) is 3.43. The maximum atomic E-state index is 13.4. The highest BCUT2D eigenvalue weighted by molar-refractivity contribution is 5.86. The molecule has 6 heteroatoms. The van der Waals surface area contributed by atoms with E-state index < -0.39 is 5.82 Å². The van der Waals surface area contributed by atoms with E-state index in [0.29, 0.717) is 37.7 Å². The Morgan fingerprint density at radius 1 is 1.03 bits per heavy atom. The normalized spacial score (nSPS) is 10.9. The zero-order valence-corrected chi connectivity index (χ0v) is 17.5. The zero-order valence-electron chi connectivity index (χ0n) is 17.5. The quantitative estimate of drug-likeness (QED) is 0.340. The van der Waals surface area contributed by atoms with Crippen LogP contribution in [-0.2, 0) is 22.8 Å². The monoisotopic (exact) mass is 427 g/mol. The molecule has 0 unspecified atom stereocenters. The lowest BCUT2D eigenvalue weighted by molar-refractivity contribution is 0.0148. The molecule has 160 valence electrons. The maximum Gasteiger partial charge on any atom is 0.124 e. The van der Waals surface area contributed by atoms with Crippen LogP contribution in [0.1, 0.15) is 22.3 Å². The SMILES string of the molecule is C=C(c1ccc2c(c1)ncn2COCCOCc1ccccc1)c1ccc(F)cc1C#N. The molecule has 0 aliphatic rings. The molecular weight excluding hydrogens is 405 g/mol. The number of halogens is 1. The number of imidazole rings is 1. The molecule has 0 fully saturated rings. The van der Waals surface area contributed by atoms with Gasteiger partial charge in [-0.05, 0) is 46.5 Å². The Morgan fingerprint density at radius 2 is 1.84 bits per heavy atom. The van der Waals surface area contributed by atoms with E-state index in [-0.39, 0.29) is 5.56 Å². The van der Waals surface area contributed by atoms with Gasteiger partial charge in [0.25, 0.3) is 0 Å². The molecule has 0 amide bonds. The minimum Gasteiger partial charge on any atom is -0.374 e. The van der Waals surface area contributed by atoms with Crippen LogP contribution in [-0.4, -0.2) is 22.8 Å². The first-order valence-corrected chi connectivity index (χ1v) is 10.2. The highest BCUT2D eigenvalue weighted by atomic mass is 19.1. The summed E-state index contributed by atoms with van der Waals surface area (Å²) in [7, 11) is 0. The molecule has 0 radical (unpaired) electrons. The second kappa shape index (κ2) is 10.0. The Morgan fingerprint density at radius 3 is 2.66 bits per heavy atom. The van der Waals surface area contributed by atoms with Crippen molar-refractivity contribution in [2.75, 3.05) is 13.2 Å². The van der Waals surface area contributed by atoms with Gasteiger partial charge in [0.1, 0.15) is 12.5 Å². The Kier molecular flexibility index (Phi) is 6.71. The number of nitrogens with zero attached hydrogens (tertiary/aromatic N) is 3. The van der Waals surface area contributed by atoms with Crippen molar-refractivity contribution in [3.63, 3.8) is 0 Å². The van der Waals surface area contributed by atoms with Crippen molar-refractivity contribution in [1.82, 2.24) is 9.55 Å². The molecule has 4 rings (SSSR count). The Bertz CT molecular complexity index is 1280. The Labute approximate surface area is 186 Å². The molecule has 0 aliphatic carbocycles. The molecule has 0 spiro atoms. The van der Waals surface area contributed by atoms with Crippen LogP contribution in [0.15, 0.2) is 79.6 Å². The van der Waals surface area contributed by atoms with Crippen LogP contribution in [0.3, 0.4) is 0 Å². The van der Waals surface area contributed by atoms with E-state index in [9.17, 15) is 9.65 Å². The molecule has 5 nitrogen and oxygen atoms in total. The van der Waals surface area contributed by atoms with Crippen molar-refractivity contribution >= 4 is 16.6 Å². The molecule has 0 saturated carbocycles. The van der Waals surface area contributed by atoms with E-state index in [0.717, 1.165) is 22.2 Å². The minimum atomic E-state index is -0.447. The predicted molar refractivity (Wildman–Crippen MR) is 121 cm³/mol. The highest BCUT2D eigenvalue weighted by Gasteiger charge is 2.11. The largest absolute Gasteiger partial charge is 0.374 e. The van der Waals surface area contributed by atoms with Crippen LogP contribution in [0.25, 0.3) is 16.6 Å². The van der Waals surface area contributed by atoms with Gasteiger partial charge in [-0.15, -0.1) is 0 Å². The molecular formula is C26H22FN3O2. The molecule has 3 aromatic carbocycles. The molecule has 32 heavy (non-hydrogen) atoms. The number of nitriles is 1. The summed E-state index contributed by atoms with van der Waals surface area (Å²) < 4.78 is 26.7. The van der Waals surface area contributed by atoms with Crippen LogP contribution in [0, 0.1) is 17.1 Å². The van der Waals surface area contributed by atoms with Gasteiger partial charge in [0.2, 0.25) is 0 Å². The molecule has 0 atom stereocenters. The topological polar surface area (TPSA) is 60.1 Å². The number of benzene rings is 3. The van der Waals surface area contributed by atoms with E-state index in [4.69, 9.17) is 9.47 Å². The van der Waals surface area contributed by atoms with Gasteiger partial charge in [-0.1, -0.05) is 49.0 Å². The van der Waals surface area contributed by atoms with Crippen molar-refractivity contribution < 1.29 is 13.9 Å². The van der Waals surface area contributed by atoms with Gasteiger partial charge in [0, 0.05) is 0 Å². The van der Waals surface area contributed by atoms with Crippen molar-refractivity contribution in [3.8, 4) is 6.07 Å². The van der Waals surface area contributed by atoms with Crippen LogP contribution in [0.2, 0.25) is 0 Å². The van der Waals surface area contributed by atoms with E-state index >= 15 is 0 Å². The Balaban J connectivity index is 1.36. The fraction of sp³-hybridized carbons (Fsp3) is 0.154. The molecule has 0 bridgehead atoms. The van der Waals surface area contributed by atoms with Crippen LogP contribution < -0.4 is 0 Å². The molecule has 4 aromatic rings. The van der Waals surface area contributed by atoms with Crippen LogP contribution >= 0.6 is 0 Å². The lowest BCUT2D eigenvalue weighted by Gasteiger charge is -2.10. The maximum absolute atomic E-state index is 13.4. The third-order valence-electron chi connectivity index (χ3n) is 5.11. The summed E-state index contributed by atoms with van der Waals surface area (Å²) in [5.74, 6) is -0.447. The predicted octanol–water partition coefficient (Wildman–Crippen LogP) is 5.30. The van der Waals surface area contributed by atoms with Crippen LogP contribution in [0.4, 0.5) is 4.39 Å². The van der Waals surface area contributed by atoms with Gasteiger partial charge in [0.15, 0.2) is 0 Å². The fourth-order valence-electron chi connectivity index (χ4n) is 3.43. The first-order chi connectivity index (χ1) is 15.7. The lowest BCUT2D eigenvalue weighted by atomic mass is 9.95. The average Bonchev–Trinajstić information content (AvgIpc) is 3.23. The number of aromatic nitrogens is 2. The van der Waals surface area contributed by atoms with Gasteiger partial charge < -0.3 is 14.0 Å². The molecule has 1 heterocycles. The summed E-state index contributed by atoms with van der Waals surface area (Å²) in [5.41, 5.74) is 5.16. The van der Waals surface area contributed by atoms with Gasteiger partial charge in [-0.3, -0.25) is 0 Å². The molecule has 0 saturated heterocycles. The Hall–Kier alpha value is -3.79. The summed E-state index contributed by atoms with van der Waals surface area (Å²) in [6, 6.07) is 21.9. The number of hydrogen-bond acceptors (Lipinski definition) is 4. The molecule has 0 aliphatic heterocycles. The van der Waals surface area contributed by atoms with Crippen molar-refractivity contribution in [2.45, 2.75) is 13.3 Å². The zero-order chi connectivity index (χ0) is 22.3. The lowest BCUT2D eigenvalue weighted by Crippen LogP contribution is -2.07. The van der Waals surface area contributed by atoms with E-state index in [1.165, 1.54) is 12.1 Å². The number of hydrogen-bond donors (Lipinski definition) is 0.